The molecule has 140 valence electrons. The minimum absolute atomic E-state index is 0.0782. The van der Waals surface area contributed by atoms with Crippen molar-refractivity contribution in [3.63, 3.8) is 0 Å². The van der Waals surface area contributed by atoms with Crippen LogP contribution >= 0.6 is 0 Å². The van der Waals surface area contributed by atoms with Crippen LogP contribution in [-0.2, 0) is 9.53 Å². The van der Waals surface area contributed by atoms with E-state index in [1.807, 2.05) is 0 Å². The average Bonchev–Trinajstić information content (AvgIpc) is 3.08. The lowest BCUT2D eigenvalue weighted by atomic mass is 9.95. The van der Waals surface area contributed by atoms with Gasteiger partial charge in [0.05, 0.1) is 11.0 Å². The topological polar surface area (TPSA) is 117 Å². The summed E-state index contributed by atoms with van der Waals surface area (Å²) in [5.74, 6) is -0.951. The van der Waals surface area contributed by atoms with Crippen LogP contribution in [0.1, 0.15) is 49.4 Å². The first-order chi connectivity index (χ1) is 12.5. The summed E-state index contributed by atoms with van der Waals surface area (Å²) >= 11 is 0. The van der Waals surface area contributed by atoms with Crippen molar-refractivity contribution >= 4 is 17.6 Å². The van der Waals surface area contributed by atoms with Gasteiger partial charge in [-0.25, -0.2) is 4.79 Å². The first kappa shape index (κ1) is 18.0. The highest BCUT2D eigenvalue weighted by Crippen LogP contribution is 2.38. The summed E-state index contributed by atoms with van der Waals surface area (Å²) < 4.78 is 15.4. The second-order valence-corrected chi connectivity index (χ2v) is 6.37. The van der Waals surface area contributed by atoms with Crippen LogP contribution < -0.4 is 14.8 Å². The number of esters is 1. The van der Waals surface area contributed by atoms with E-state index in [0.29, 0.717) is 0 Å². The summed E-state index contributed by atoms with van der Waals surface area (Å²) in [6, 6.07) is 2.40. The van der Waals surface area contributed by atoms with E-state index in [0.717, 1.165) is 38.2 Å². The summed E-state index contributed by atoms with van der Waals surface area (Å²) in [6.45, 7) is 1.36. The normalized spacial score (nSPS) is 17.4. The minimum atomic E-state index is -1.06. The molecule has 1 aromatic rings. The number of hydrogen-bond acceptors (Lipinski definition) is 7. The number of nitro groups is 1. The second kappa shape index (κ2) is 7.59. The highest BCUT2D eigenvalue weighted by Gasteiger charge is 2.30. The van der Waals surface area contributed by atoms with E-state index in [1.165, 1.54) is 13.0 Å². The van der Waals surface area contributed by atoms with Gasteiger partial charge in [-0.1, -0.05) is 19.3 Å². The molecule has 9 heteroatoms. The molecule has 0 bridgehead atoms. The summed E-state index contributed by atoms with van der Waals surface area (Å²) in [5.41, 5.74) is -0.740. The third-order valence-electron chi connectivity index (χ3n) is 4.51. The largest absolute Gasteiger partial charge is 0.454 e. The molecule has 26 heavy (non-hydrogen) atoms. The molecular formula is C17H20N2O7. The third kappa shape index (κ3) is 3.87. The highest BCUT2D eigenvalue weighted by molar-refractivity contribution is 5.96. The van der Waals surface area contributed by atoms with E-state index in [2.05, 4.69) is 5.32 Å². The standard InChI is InChI=1S/C17H20N2O7/c1-10(16(20)18-11-5-3-2-4-6-11)26-17(21)12-7-14-15(25-9-24-14)8-13(12)19(22)23/h7-8,10-11H,2-6,9H2,1H3,(H,18,20). The number of nitro benzene ring substituents is 1. The Hall–Kier alpha value is -2.84. The molecule has 0 spiro atoms. The van der Waals surface area contributed by atoms with E-state index >= 15 is 0 Å². The molecule has 3 rings (SSSR count). The molecule has 1 atom stereocenters. The monoisotopic (exact) mass is 364 g/mol. The van der Waals surface area contributed by atoms with Gasteiger partial charge in [-0.05, 0) is 19.8 Å². The molecule has 0 aromatic heterocycles. The Morgan fingerprint density at radius 1 is 1.23 bits per heavy atom. The number of fused-ring (bicyclic) bond motifs is 1. The lowest BCUT2D eigenvalue weighted by Crippen LogP contribution is -2.42. The van der Waals surface area contributed by atoms with Gasteiger partial charge in [-0.15, -0.1) is 0 Å². The second-order valence-electron chi connectivity index (χ2n) is 6.37. The van der Waals surface area contributed by atoms with E-state index in [1.54, 1.807) is 0 Å². The molecule has 1 unspecified atom stereocenters. The van der Waals surface area contributed by atoms with Crippen molar-refractivity contribution < 1.29 is 28.7 Å². The number of nitrogens with zero attached hydrogens (tertiary/aromatic N) is 1. The number of carbonyl (C=O) groups excluding carboxylic acids is 2. The molecule has 0 radical (unpaired) electrons. The Bertz CT molecular complexity index is 728. The lowest BCUT2D eigenvalue weighted by Gasteiger charge is -2.24. The van der Waals surface area contributed by atoms with Crippen LogP contribution in [0.2, 0.25) is 0 Å². The van der Waals surface area contributed by atoms with Crippen molar-refractivity contribution in [2.45, 2.75) is 51.2 Å². The molecule has 0 saturated heterocycles. The van der Waals surface area contributed by atoms with Crippen molar-refractivity contribution in [2.24, 2.45) is 0 Å². The number of carbonyl (C=O) groups is 2. The van der Waals surface area contributed by atoms with Crippen LogP contribution in [-0.4, -0.2) is 35.7 Å². The lowest BCUT2D eigenvalue weighted by molar-refractivity contribution is -0.385. The smallest absolute Gasteiger partial charge is 0.346 e. The molecule has 1 amide bonds. The fourth-order valence-electron chi connectivity index (χ4n) is 3.09. The number of amides is 1. The van der Waals surface area contributed by atoms with Gasteiger partial charge in [0, 0.05) is 12.1 Å². The molecule has 1 N–H and O–H groups in total. The molecule has 1 saturated carbocycles. The number of hydrogen-bond donors (Lipinski definition) is 1. The van der Waals surface area contributed by atoms with Gasteiger partial charge in [0.25, 0.3) is 11.6 Å². The Kier molecular flexibility index (Phi) is 5.24. The van der Waals surface area contributed by atoms with Crippen molar-refractivity contribution in [3.05, 3.63) is 27.8 Å². The fraction of sp³-hybridized carbons (Fsp3) is 0.529. The SMILES string of the molecule is CC(OC(=O)c1cc2c(cc1[N+](=O)[O-])OCO2)C(=O)NC1CCCCC1. The van der Waals surface area contributed by atoms with E-state index < -0.39 is 28.6 Å². The van der Waals surface area contributed by atoms with Gasteiger partial charge < -0.3 is 19.5 Å². The maximum Gasteiger partial charge on any atom is 0.346 e. The predicted molar refractivity (Wildman–Crippen MR) is 89.1 cm³/mol. The van der Waals surface area contributed by atoms with Gasteiger partial charge in [0.2, 0.25) is 6.79 Å². The van der Waals surface area contributed by atoms with Gasteiger partial charge in [0.1, 0.15) is 5.56 Å². The molecule has 1 heterocycles. The maximum atomic E-state index is 12.4. The van der Waals surface area contributed by atoms with Crippen LogP contribution in [0.4, 0.5) is 5.69 Å². The summed E-state index contributed by atoms with van der Waals surface area (Å²) in [4.78, 5) is 35.1. The van der Waals surface area contributed by atoms with E-state index in [4.69, 9.17) is 14.2 Å². The fourth-order valence-corrected chi connectivity index (χ4v) is 3.09. The predicted octanol–water partition coefficient (Wildman–Crippen LogP) is 2.32. The molecular weight excluding hydrogens is 344 g/mol. The highest BCUT2D eigenvalue weighted by atomic mass is 16.7. The van der Waals surface area contributed by atoms with Crippen molar-refractivity contribution in [2.75, 3.05) is 6.79 Å². The Labute approximate surface area is 149 Å². The Morgan fingerprint density at radius 3 is 2.54 bits per heavy atom. The van der Waals surface area contributed by atoms with Crippen LogP contribution in [0.15, 0.2) is 12.1 Å². The number of rotatable bonds is 5. The quantitative estimate of drug-likeness (QED) is 0.484. The van der Waals surface area contributed by atoms with Crippen LogP contribution in [0.5, 0.6) is 11.5 Å². The van der Waals surface area contributed by atoms with Crippen molar-refractivity contribution in [1.82, 2.24) is 5.32 Å². The van der Waals surface area contributed by atoms with Gasteiger partial charge >= 0.3 is 5.97 Å². The van der Waals surface area contributed by atoms with Gasteiger partial charge in [0.15, 0.2) is 17.6 Å². The zero-order valence-corrected chi connectivity index (χ0v) is 14.4. The molecule has 1 fully saturated rings. The third-order valence-corrected chi connectivity index (χ3v) is 4.51. The molecule has 9 nitrogen and oxygen atoms in total. The zero-order valence-electron chi connectivity index (χ0n) is 14.4. The van der Waals surface area contributed by atoms with Crippen LogP contribution in [0.3, 0.4) is 0 Å². The average molecular weight is 364 g/mol. The number of nitrogens with one attached hydrogen (secondary N) is 1. The van der Waals surface area contributed by atoms with Crippen molar-refractivity contribution in [1.29, 1.82) is 0 Å². The summed E-state index contributed by atoms with van der Waals surface area (Å²) in [5, 5.41) is 14.1. The Morgan fingerprint density at radius 2 is 1.88 bits per heavy atom. The maximum absolute atomic E-state index is 12.4. The van der Waals surface area contributed by atoms with Crippen molar-refractivity contribution in [3.8, 4) is 11.5 Å². The molecule has 1 aliphatic heterocycles. The van der Waals surface area contributed by atoms with Gasteiger partial charge in [-0.3, -0.25) is 14.9 Å². The zero-order chi connectivity index (χ0) is 18.7. The Balaban J connectivity index is 1.69. The molecule has 1 aromatic carbocycles. The summed E-state index contributed by atoms with van der Waals surface area (Å²) in [6.07, 6.45) is 4.02. The van der Waals surface area contributed by atoms with E-state index in [-0.39, 0.29) is 29.9 Å². The van der Waals surface area contributed by atoms with E-state index in [9.17, 15) is 19.7 Å². The first-order valence-corrected chi connectivity index (χ1v) is 8.55. The van der Waals surface area contributed by atoms with Crippen LogP contribution in [0, 0.1) is 10.1 Å². The summed E-state index contributed by atoms with van der Waals surface area (Å²) in [7, 11) is 0. The number of benzene rings is 1. The van der Waals surface area contributed by atoms with Crippen LogP contribution in [0.25, 0.3) is 0 Å². The first-order valence-electron chi connectivity index (χ1n) is 8.55. The van der Waals surface area contributed by atoms with Gasteiger partial charge in [-0.2, -0.15) is 0 Å². The number of ether oxygens (including phenoxy) is 3. The molecule has 2 aliphatic rings. The minimum Gasteiger partial charge on any atom is -0.454 e. The molecule has 1 aliphatic carbocycles.